The van der Waals surface area contributed by atoms with Crippen molar-refractivity contribution in [1.29, 1.82) is 5.26 Å². The Bertz CT molecular complexity index is 163. The van der Waals surface area contributed by atoms with Crippen LogP contribution in [0, 0.1) is 16.7 Å². The van der Waals surface area contributed by atoms with Gasteiger partial charge in [0.15, 0.2) is 0 Å². The number of nitriles is 1. The SMILES string of the molecule is CCN(CC)CCCC(C)(C)C#N. The molecule has 0 unspecified atom stereocenters. The molecule has 0 heterocycles. The molecule has 0 atom stereocenters. The number of rotatable bonds is 6. The van der Waals surface area contributed by atoms with Crippen molar-refractivity contribution in [3.63, 3.8) is 0 Å². The lowest BCUT2D eigenvalue weighted by molar-refractivity contribution is 0.280. The van der Waals surface area contributed by atoms with Gasteiger partial charge in [-0.05, 0) is 46.3 Å². The zero-order chi connectivity index (χ0) is 10.3. The Morgan fingerprint density at radius 3 is 2.15 bits per heavy atom. The van der Waals surface area contributed by atoms with E-state index in [0.717, 1.165) is 32.5 Å². The quantitative estimate of drug-likeness (QED) is 0.631. The summed E-state index contributed by atoms with van der Waals surface area (Å²) in [5.41, 5.74) is -0.146. The van der Waals surface area contributed by atoms with Gasteiger partial charge in [-0.2, -0.15) is 5.26 Å². The summed E-state index contributed by atoms with van der Waals surface area (Å²) in [5.74, 6) is 0. The molecule has 0 spiro atoms. The van der Waals surface area contributed by atoms with Gasteiger partial charge in [0.25, 0.3) is 0 Å². The van der Waals surface area contributed by atoms with Crippen LogP contribution in [0.3, 0.4) is 0 Å². The van der Waals surface area contributed by atoms with Crippen LogP contribution in [0.4, 0.5) is 0 Å². The summed E-state index contributed by atoms with van der Waals surface area (Å²) in [6.07, 6.45) is 2.13. The molecule has 0 aromatic heterocycles. The third kappa shape index (κ3) is 5.65. The minimum absolute atomic E-state index is 0.146. The van der Waals surface area contributed by atoms with E-state index in [0.29, 0.717) is 0 Å². The third-order valence-corrected chi connectivity index (χ3v) is 2.47. The van der Waals surface area contributed by atoms with Crippen LogP contribution in [-0.2, 0) is 0 Å². The van der Waals surface area contributed by atoms with Gasteiger partial charge >= 0.3 is 0 Å². The van der Waals surface area contributed by atoms with Crippen LogP contribution in [0.15, 0.2) is 0 Å². The van der Waals surface area contributed by atoms with Crippen LogP contribution < -0.4 is 0 Å². The molecule has 0 radical (unpaired) electrons. The molecule has 2 heteroatoms. The van der Waals surface area contributed by atoms with E-state index in [1.807, 2.05) is 13.8 Å². The first-order valence-corrected chi connectivity index (χ1v) is 5.19. The monoisotopic (exact) mass is 182 g/mol. The average Bonchev–Trinajstić information content (AvgIpc) is 2.12. The minimum Gasteiger partial charge on any atom is -0.304 e. The maximum Gasteiger partial charge on any atom is 0.0683 e. The van der Waals surface area contributed by atoms with Crippen molar-refractivity contribution in [1.82, 2.24) is 4.90 Å². The average molecular weight is 182 g/mol. The van der Waals surface area contributed by atoms with Gasteiger partial charge in [-0.25, -0.2) is 0 Å². The Balaban J connectivity index is 3.62. The van der Waals surface area contributed by atoms with Crippen molar-refractivity contribution in [2.24, 2.45) is 5.41 Å². The molecule has 0 aliphatic carbocycles. The standard InChI is InChI=1S/C11H22N2/c1-5-13(6-2)9-7-8-11(3,4)10-12/h5-9H2,1-4H3. The van der Waals surface area contributed by atoms with Gasteiger partial charge in [0.2, 0.25) is 0 Å². The predicted molar refractivity (Wildman–Crippen MR) is 56.4 cm³/mol. The van der Waals surface area contributed by atoms with Crippen LogP contribution in [-0.4, -0.2) is 24.5 Å². The minimum atomic E-state index is -0.146. The van der Waals surface area contributed by atoms with E-state index in [2.05, 4.69) is 24.8 Å². The van der Waals surface area contributed by atoms with E-state index < -0.39 is 0 Å². The van der Waals surface area contributed by atoms with E-state index in [1.165, 1.54) is 0 Å². The highest BCUT2D eigenvalue weighted by atomic mass is 15.1. The van der Waals surface area contributed by atoms with E-state index >= 15 is 0 Å². The number of hydrogen-bond acceptors (Lipinski definition) is 2. The van der Waals surface area contributed by atoms with E-state index in [4.69, 9.17) is 5.26 Å². The van der Waals surface area contributed by atoms with Crippen molar-refractivity contribution in [2.75, 3.05) is 19.6 Å². The Hall–Kier alpha value is -0.550. The Morgan fingerprint density at radius 2 is 1.77 bits per heavy atom. The molecule has 0 aliphatic heterocycles. The van der Waals surface area contributed by atoms with Crippen LogP contribution in [0.2, 0.25) is 0 Å². The number of nitrogens with zero attached hydrogens (tertiary/aromatic N) is 2. The van der Waals surface area contributed by atoms with Gasteiger partial charge in [-0.3, -0.25) is 0 Å². The summed E-state index contributed by atoms with van der Waals surface area (Å²) in [6, 6.07) is 2.33. The Labute approximate surface area is 82.5 Å². The van der Waals surface area contributed by atoms with Crippen molar-refractivity contribution in [3.05, 3.63) is 0 Å². The first-order chi connectivity index (χ1) is 6.05. The molecule has 0 aromatic carbocycles. The van der Waals surface area contributed by atoms with Crippen molar-refractivity contribution < 1.29 is 0 Å². The van der Waals surface area contributed by atoms with Crippen LogP contribution in [0.5, 0.6) is 0 Å². The first-order valence-electron chi connectivity index (χ1n) is 5.19. The maximum atomic E-state index is 8.81. The fraction of sp³-hybridized carbons (Fsp3) is 0.909. The molecule has 2 nitrogen and oxygen atoms in total. The molecule has 0 rings (SSSR count). The van der Waals surface area contributed by atoms with Gasteiger partial charge in [0.05, 0.1) is 11.5 Å². The lowest BCUT2D eigenvalue weighted by atomic mass is 9.90. The second kappa shape index (κ2) is 5.99. The van der Waals surface area contributed by atoms with Gasteiger partial charge in [-0.1, -0.05) is 13.8 Å². The zero-order valence-corrected chi connectivity index (χ0v) is 9.43. The molecule has 0 amide bonds. The summed E-state index contributed by atoms with van der Waals surface area (Å²) in [5, 5.41) is 8.81. The Kier molecular flexibility index (Phi) is 5.73. The summed E-state index contributed by atoms with van der Waals surface area (Å²) in [7, 11) is 0. The third-order valence-electron chi connectivity index (χ3n) is 2.47. The highest BCUT2D eigenvalue weighted by molar-refractivity contribution is 4.91. The molecular weight excluding hydrogens is 160 g/mol. The summed E-state index contributed by atoms with van der Waals surface area (Å²) < 4.78 is 0. The fourth-order valence-corrected chi connectivity index (χ4v) is 1.34. The van der Waals surface area contributed by atoms with Gasteiger partial charge in [0.1, 0.15) is 0 Å². The van der Waals surface area contributed by atoms with Crippen molar-refractivity contribution in [3.8, 4) is 6.07 Å². The van der Waals surface area contributed by atoms with E-state index in [-0.39, 0.29) is 5.41 Å². The molecule has 0 N–H and O–H groups in total. The molecular formula is C11H22N2. The van der Waals surface area contributed by atoms with Crippen molar-refractivity contribution >= 4 is 0 Å². The summed E-state index contributed by atoms with van der Waals surface area (Å²) >= 11 is 0. The molecule has 13 heavy (non-hydrogen) atoms. The van der Waals surface area contributed by atoms with Crippen LogP contribution >= 0.6 is 0 Å². The highest BCUT2D eigenvalue weighted by Gasteiger charge is 2.15. The molecule has 76 valence electrons. The van der Waals surface area contributed by atoms with Gasteiger partial charge < -0.3 is 4.90 Å². The zero-order valence-electron chi connectivity index (χ0n) is 9.43. The van der Waals surface area contributed by atoms with Crippen molar-refractivity contribution in [2.45, 2.75) is 40.5 Å². The maximum absolute atomic E-state index is 8.81. The van der Waals surface area contributed by atoms with E-state index in [9.17, 15) is 0 Å². The summed E-state index contributed by atoms with van der Waals surface area (Å²) in [4.78, 5) is 2.40. The van der Waals surface area contributed by atoms with Gasteiger partial charge in [0, 0.05) is 0 Å². The van der Waals surface area contributed by atoms with Crippen LogP contribution in [0.1, 0.15) is 40.5 Å². The molecule has 0 aromatic rings. The summed E-state index contributed by atoms with van der Waals surface area (Å²) in [6.45, 7) is 11.7. The van der Waals surface area contributed by atoms with E-state index in [1.54, 1.807) is 0 Å². The van der Waals surface area contributed by atoms with Crippen LogP contribution in [0.25, 0.3) is 0 Å². The predicted octanol–water partition coefficient (Wildman–Crippen LogP) is 2.66. The molecule has 0 aliphatic rings. The van der Waals surface area contributed by atoms with Gasteiger partial charge in [-0.15, -0.1) is 0 Å². The molecule has 0 saturated heterocycles. The lowest BCUT2D eigenvalue weighted by Crippen LogP contribution is -2.25. The lowest BCUT2D eigenvalue weighted by Gasteiger charge is -2.20. The number of hydrogen-bond donors (Lipinski definition) is 0. The molecule has 0 fully saturated rings. The first kappa shape index (κ1) is 12.4. The molecule has 0 bridgehead atoms. The smallest absolute Gasteiger partial charge is 0.0683 e. The second-order valence-corrected chi connectivity index (χ2v) is 4.13. The highest BCUT2D eigenvalue weighted by Crippen LogP contribution is 2.20. The second-order valence-electron chi connectivity index (χ2n) is 4.13. The fourth-order valence-electron chi connectivity index (χ4n) is 1.34. The largest absolute Gasteiger partial charge is 0.304 e. The topological polar surface area (TPSA) is 27.0 Å². The normalized spacial score (nSPS) is 11.7. The Morgan fingerprint density at radius 1 is 1.23 bits per heavy atom. The molecule has 0 saturated carbocycles.